The third kappa shape index (κ3) is 2.22. The molecule has 0 fully saturated rings. The molecule has 1 N–H and O–H groups in total. The van der Waals surface area contributed by atoms with Crippen molar-refractivity contribution < 1.29 is 14.7 Å². The Balaban J connectivity index is 2.76. The molecule has 0 aliphatic heterocycles. The lowest BCUT2D eigenvalue weighted by Gasteiger charge is -2.07. The zero-order chi connectivity index (χ0) is 10.7. The number of carboxylic acids is 1. The zero-order valence-electron chi connectivity index (χ0n) is 8.23. The topological polar surface area (TPSA) is 59.3 Å². The molecule has 1 aromatic heterocycles. The zero-order valence-corrected chi connectivity index (χ0v) is 8.23. The maximum Gasteiger partial charge on any atom is 0.304 e. The third-order valence-electron chi connectivity index (χ3n) is 2.12. The molecular weight excluding hydrogens is 182 g/mol. The molecule has 0 aromatic carbocycles. The van der Waals surface area contributed by atoms with Gasteiger partial charge in [0, 0.05) is 19.2 Å². The van der Waals surface area contributed by atoms with E-state index in [1.807, 2.05) is 0 Å². The minimum Gasteiger partial charge on any atom is -0.481 e. The van der Waals surface area contributed by atoms with Crippen LogP contribution in [0.25, 0.3) is 0 Å². The first-order valence-corrected chi connectivity index (χ1v) is 4.39. The predicted octanol–water partition coefficient (Wildman–Crippen LogP) is 1.32. The highest BCUT2D eigenvalue weighted by molar-refractivity contribution is 5.97. The van der Waals surface area contributed by atoms with Gasteiger partial charge in [-0.3, -0.25) is 9.59 Å². The molecule has 0 radical (unpaired) electrons. The summed E-state index contributed by atoms with van der Waals surface area (Å²) >= 11 is 0. The number of carbonyl (C=O) groups excluding carboxylic acids is 1. The van der Waals surface area contributed by atoms with E-state index < -0.39 is 11.9 Å². The number of carbonyl (C=O) groups is 2. The average molecular weight is 195 g/mol. The Morgan fingerprint density at radius 1 is 1.57 bits per heavy atom. The van der Waals surface area contributed by atoms with Gasteiger partial charge in [-0.05, 0) is 12.1 Å². The van der Waals surface area contributed by atoms with Crippen molar-refractivity contribution in [2.75, 3.05) is 0 Å². The van der Waals surface area contributed by atoms with Crippen molar-refractivity contribution in [1.29, 1.82) is 0 Å². The first kappa shape index (κ1) is 10.5. The smallest absolute Gasteiger partial charge is 0.304 e. The Labute approximate surface area is 82.2 Å². The van der Waals surface area contributed by atoms with E-state index >= 15 is 0 Å². The molecule has 0 amide bonds. The monoisotopic (exact) mass is 195 g/mol. The van der Waals surface area contributed by atoms with Gasteiger partial charge in [-0.1, -0.05) is 6.92 Å². The Kier molecular flexibility index (Phi) is 3.06. The Hall–Kier alpha value is -1.58. The van der Waals surface area contributed by atoms with Crippen molar-refractivity contribution in [2.24, 2.45) is 13.0 Å². The predicted molar refractivity (Wildman–Crippen MR) is 51.2 cm³/mol. The number of hydrogen-bond acceptors (Lipinski definition) is 2. The van der Waals surface area contributed by atoms with Crippen LogP contribution in [0.2, 0.25) is 0 Å². The number of aliphatic carboxylic acids is 1. The normalized spacial score (nSPS) is 12.4. The minimum absolute atomic E-state index is 0.121. The number of hydrogen-bond donors (Lipinski definition) is 1. The van der Waals surface area contributed by atoms with Crippen molar-refractivity contribution in [1.82, 2.24) is 4.57 Å². The van der Waals surface area contributed by atoms with E-state index in [4.69, 9.17) is 5.11 Å². The molecule has 0 spiro atoms. The number of nitrogens with zero attached hydrogens (tertiary/aromatic N) is 1. The molecule has 1 rings (SSSR count). The van der Waals surface area contributed by atoms with Gasteiger partial charge in [-0.25, -0.2) is 0 Å². The first-order valence-electron chi connectivity index (χ1n) is 4.39. The maximum absolute atomic E-state index is 11.7. The number of rotatable bonds is 4. The number of ketones is 1. The summed E-state index contributed by atoms with van der Waals surface area (Å²) in [5.74, 6) is -1.54. The van der Waals surface area contributed by atoms with Crippen LogP contribution in [0.1, 0.15) is 23.8 Å². The van der Waals surface area contributed by atoms with Gasteiger partial charge in [-0.15, -0.1) is 0 Å². The van der Waals surface area contributed by atoms with Crippen LogP contribution in [0.3, 0.4) is 0 Å². The van der Waals surface area contributed by atoms with Crippen molar-refractivity contribution in [3.8, 4) is 0 Å². The molecule has 1 heterocycles. The number of Topliss-reactive ketones (excluding diaryl/α,β-unsaturated/α-hetero) is 1. The molecule has 76 valence electrons. The van der Waals surface area contributed by atoms with Gasteiger partial charge in [0.2, 0.25) is 0 Å². The Morgan fingerprint density at radius 2 is 2.21 bits per heavy atom. The van der Waals surface area contributed by atoms with Crippen LogP contribution >= 0.6 is 0 Å². The fourth-order valence-electron chi connectivity index (χ4n) is 1.32. The summed E-state index contributed by atoms with van der Waals surface area (Å²) in [5, 5.41) is 8.54. The highest BCUT2D eigenvalue weighted by Crippen LogP contribution is 2.11. The highest BCUT2D eigenvalue weighted by atomic mass is 16.4. The maximum atomic E-state index is 11.7. The van der Waals surface area contributed by atoms with Gasteiger partial charge < -0.3 is 9.67 Å². The van der Waals surface area contributed by atoms with Crippen LogP contribution in [-0.2, 0) is 11.8 Å². The molecule has 4 heteroatoms. The molecule has 14 heavy (non-hydrogen) atoms. The van der Waals surface area contributed by atoms with Gasteiger partial charge in [0.25, 0.3) is 0 Å². The van der Waals surface area contributed by atoms with Gasteiger partial charge in [-0.2, -0.15) is 0 Å². The lowest BCUT2D eigenvalue weighted by molar-refractivity contribution is -0.137. The molecule has 0 bridgehead atoms. The molecule has 0 saturated carbocycles. The summed E-state index contributed by atoms with van der Waals surface area (Å²) in [6, 6.07) is 3.46. The molecular formula is C10H13NO3. The fraction of sp³-hybridized carbons (Fsp3) is 0.400. The first-order chi connectivity index (χ1) is 6.52. The van der Waals surface area contributed by atoms with E-state index in [0.29, 0.717) is 5.69 Å². The summed E-state index contributed by atoms with van der Waals surface area (Å²) in [5.41, 5.74) is 0.554. The summed E-state index contributed by atoms with van der Waals surface area (Å²) in [4.78, 5) is 22.1. The highest BCUT2D eigenvalue weighted by Gasteiger charge is 2.19. The van der Waals surface area contributed by atoms with Crippen LogP contribution in [0.5, 0.6) is 0 Å². The molecule has 1 unspecified atom stereocenters. The quantitative estimate of drug-likeness (QED) is 0.737. The standard InChI is InChI=1S/C10H13NO3/c1-7(6-9(12)13)10(14)8-4-3-5-11(8)2/h3-5,7H,6H2,1-2H3,(H,12,13). The van der Waals surface area contributed by atoms with Gasteiger partial charge >= 0.3 is 5.97 Å². The summed E-state index contributed by atoms with van der Waals surface area (Å²) in [7, 11) is 1.76. The van der Waals surface area contributed by atoms with Crippen molar-refractivity contribution in [3.63, 3.8) is 0 Å². The van der Waals surface area contributed by atoms with Crippen LogP contribution in [-0.4, -0.2) is 21.4 Å². The van der Waals surface area contributed by atoms with E-state index in [9.17, 15) is 9.59 Å². The van der Waals surface area contributed by atoms with E-state index in [0.717, 1.165) is 0 Å². The van der Waals surface area contributed by atoms with Gasteiger partial charge in [0.15, 0.2) is 5.78 Å². The van der Waals surface area contributed by atoms with Crippen LogP contribution < -0.4 is 0 Å². The van der Waals surface area contributed by atoms with Crippen molar-refractivity contribution in [2.45, 2.75) is 13.3 Å². The molecule has 4 nitrogen and oxygen atoms in total. The molecule has 0 saturated heterocycles. The Morgan fingerprint density at radius 3 is 2.64 bits per heavy atom. The summed E-state index contributed by atoms with van der Waals surface area (Å²) < 4.78 is 1.70. The lowest BCUT2D eigenvalue weighted by atomic mass is 10.0. The molecule has 0 aliphatic carbocycles. The van der Waals surface area contributed by atoms with Crippen molar-refractivity contribution in [3.05, 3.63) is 24.0 Å². The molecule has 1 atom stereocenters. The van der Waals surface area contributed by atoms with Crippen LogP contribution in [0.4, 0.5) is 0 Å². The summed E-state index contributed by atoms with van der Waals surface area (Å²) in [6.07, 6.45) is 1.64. The number of carboxylic acid groups (broad SMARTS) is 1. The summed E-state index contributed by atoms with van der Waals surface area (Å²) in [6.45, 7) is 1.63. The third-order valence-corrected chi connectivity index (χ3v) is 2.12. The minimum atomic E-state index is -0.944. The van der Waals surface area contributed by atoms with E-state index in [2.05, 4.69) is 0 Å². The lowest BCUT2D eigenvalue weighted by Crippen LogP contribution is -2.17. The molecule has 0 aliphatic rings. The van der Waals surface area contributed by atoms with E-state index in [1.54, 1.807) is 36.9 Å². The van der Waals surface area contributed by atoms with E-state index in [1.165, 1.54) is 0 Å². The Bertz CT molecular complexity index is 354. The number of aryl methyl sites for hydroxylation is 1. The van der Waals surface area contributed by atoms with E-state index in [-0.39, 0.29) is 12.2 Å². The average Bonchev–Trinajstić information content (AvgIpc) is 2.48. The van der Waals surface area contributed by atoms with Crippen LogP contribution in [0.15, 0.2) is 18.3 Å². The van der Waals surface area contributed by atoms with Crippen LogP contribution in [0, 0.1) is 5.92 Å². The number of aromatic nitrogens is 1. The fourth-order valence-corrected chi connectivity index (χ4v) is 1.32. The SMILES string of the molecule is CC(CC(=O)O)C(=O)c1cccn1C. The second-order valence-corrected chi connectivity index (χ2v) is 3.37. The molecule has 1 aromatic rings. The second-order valence-electron chi connectivity index (χ2n) is 3.37. The van der Waals surface area contributed by atoms with Gasteiger partial charge in [0.05, 0.1) is 12.1 Å². The van der Waals surface area contributed by atoms with Gasteiger partial charge in [0.1, 0.15) is 0 Å². The van der Waals surface area contributed by atoms with Crippen molar-refractivity contribution >= 4 is 11.8 Å². The second kappa shape index (κ2) is 4.09. The largest absolute Gasteiger partial charge is 0.481 e.